The van der Waals surface area contributed by atoms with Gasteiger partial charge < -0.3 is 20.4 Å². The summed E-state index contributed by atoms with van der Waals surface area (Å²) in [6.07, 6.45) is 7.33. The molecule has 1 aromatic heterocycles. The van der Waals surface area contributed by atoms with Crippen molar-refractivity contribution >= 4 is 36.4 Å². The summed E-state index contributed by atoms with van der Waals surface area (Å²) in [4.78, 5) is 16.3. The van der Waals surface area contributed by atoms with Gasteiger partial charge in [-0.25, -0.2) is 4.98 Å². The fraction of sp³-hybridized carbons (Fsp3) is 0.444. The molecule has 1 saturated carbocycles. The van der Waals surface area contributed by atoms with Gasteiger partial charge in [0.05, 0.1) is 0 Å². The number of hydrogen-bond donors (Lipinski definition) is 2. The van der Waals surface area contributed by atoms with Gasteiger partial charge in [-0.05, 0) is 43.0 Å². The molecule has 1 fully saturated rings. The Balaban J connectivity index is 0.00000169. The molecule has 144 valence electrons. The molecule has 1 aromatic carbocycles. The minimum absolute atomic E-state index is 0. The van der Waals surface area contributed by atoms with Gasteiger partial charge >= 0.3 is 0 Å². The van der Waals surface area contributed by atoms with E-state index in [-0.39, 0.29) is 36.8 Å². The van der Waals surface area contributed by atoms with Crippen LogP contribution in [0.5, 0.6) is 5.75 Å². The predicted molar refractivity (Wildman–Crippen MR) is 107 cm³/mol. The molecule has 0 spiro atoms. The average molecular weight is 401 g/mol. The van der Waals surface area contributed by atoms with E-state index in [4.69, 9.17) is 10.5 Å². The number of halogens is 2. The Morgan fingerprint density at radius 1 is 1.31 bits per heavy atom. The van der Waals surface area contributed by atoms with Gasteiger partial charge in [0.2, 0.25) is 5.91 Å². The molecule has 1 aliphatic carbocycles. The van der Waals surface area contributed by atoms with Crippen molar-refractivity contribution in [1.82, 2.24) is 9.55 Å². The number of hydrogen-bond acceptors (Lipinski definition) is 4. The van der Waals surface area contributed by atoms with E-state index in [1.54, 1.807) is 6.20 Å². The van der Waals surface area contributed by atoms with Gasteiger partial charge in [0.15, 0.2) is 0 Å². The van der Waals surface area contributed by atoms with Gasteiger partial charge in [0, 0.05) is 37.6 Å². The van der Waals surface area contributed by atoms with Crippen molar-refractivity contribution in [2.75, 3.05) is 5.32 Å². The maximum Gasteiger partial charge on any atom is 0.224 e. The number of nitrogens with one attached hydrogen (secondary N) is 1. The number of imidazole rings is 1. The first kappa shape index (κ1) is 22.3. The lowest BCUT2D eigenvalue weighted by Crippen LogP contribution is -2.28. The lowest BCUT2D eigenvalue weighted by Gasteiger charge is -2.15. The van der Waals surface area contributed by atoms with Crippen molar-refractivity contribution in [2.45, 2.75) is 38.3 Å². The van der Waals surface area contributed by atoms with Crippen LogP contribution in [0.25, 0.3) is 0 Å². The summed E-state index contributed by atoms with van der Waals surface area (Å²) in [5, 5.41) is 2.93. The fourth-order valence-electron chi connectivity index (χ4n) is 3.09. The topological polar surface area (TPSA) is 82.2 Å². The van der Waals surface area contributed by atoms with E-state index in [1.165, 1.54) is 0 Å². The number of nitrogens with two attached hydrogens (primary N) is 1. The minimum Gasteiger partial charge on any atom is -0.486 e. The molecule has 0 bridgehead atoms. The molecule has 26 heavy (non-hydrogen) atoms. The highest BCUT2D eigenvalue weighted by Crippen LogP contribution is 2.27. The summed E-state index contributed by atoms with van der Waals surface area (Å²) in [6.45, 7) is 0.411. The SMILES string of the molecule is Cl.Cl.Cn1ccnc1COc1ccc(NC(=O)C[C@@H]2CCC[C@H]2N)cc1. The Morgan fingerprint density at radius 2 is 2.04 bits per heavy atom. The quantitative estimate of drug-likeness (QED) is 0.778. The van der Waals surface area contributed by atoms with Crippen LogP contribution >= 0.6 is 24.8 Å². The molecule has 2 atom stereocenters. The average Bonchev–Trinajstić information content (AvgIpc) is 3.15. The summed E-state index contributed by atoms with van der Waals surface area (Å²) >= 11 is 0. The van der Waals surface area contributed by atoms with Crippen molar-refractivity contribution in [2.24, 2.45) is 18.7 Å². The van der Waals surface area contributed by atoms with Gasteiger partial charge in [-0.2, -0.15) is 0 Å². The fourth-order valence-corrected chi connectivity index (χ4v) is 3.09. The number of carbonyl (C=O) groups is 1. The number of benzene rings is 1. The Labute approximate surface area is 166 Å². The number of aryl methyl sites for hydroxylation is 1. The monoisotopic (exact) mass is 400 g/mol. The van der Waals surface area contributed by atoms with Crippen LogP contribution in [0.4, 0.5) is 5.69 Å². The van der Waals surface area contributed by atoms with Crippen LogP contribution in [0.1, 0.15) is 31.5 Å². The number of anilines is 1. The van der Waals surface area contributed by atoms with Crippen molar-refractivity contribution in [3.63, 3.8) is 0 Å². The van der Waals surface area contributed by atoms with E-state index in [9.17, 15) is 4.79 Å². The lowest BCUT2D eigenvalue weighted by molar-refractivity contribution is -0.117. The maximum atomic E-state index is 12.1. The molecule has 2 aromatic rings. The van der Waals surface area contributed by atoms with Crippen LogP contribution < -0.4 is 15.8 Å². The molecule has 3 N–H and O–H groups in total. The zero-order chi connectivity index (χ0) is 16.9. The van der Waals surface area contributed by atoms with Crippen LogP contribution in [-0.2, 0) is 18.4 Å². The van der Waals surface area contributed by atoms with Crippen LogP contribution in [-0.4, -0.2) is 21.5 Å². The highest BCUT2D eigenvalue weighted by atomic mass is 35.5. The standard InChI is InChI=1S/C18H24N4O2.2ClH/c1-22-10-9-20-17(22)12-24-15-7-5-14(6-8-15)21-18(23)11-13-3-2-4-16(13)19;;/h5-10,13,16H,2-4,11-12,19H2,1H3,(H,21,23);2*1H/t13-,16+;;/m0../s1. The highest BCUT2D eigenvalue weighted by molar-refractivity contribution is 5.91. The predicted octanol–water partition coefficient (Wildman–Crippen LogP) is 3.30. The summed E-state index contributed by atoms with van der Waals surface area (Å²) < 4.78 is 7.62. The van der Waals surface area contributed by atoms with Crippen LogP contribution in [0.3, 0.4) is 0 Å². The van der Waals surface area contributed by atoms with Crippen molar-refractivity contribution in [1.29, 1.82) is 0 Å². The van der Waals surface area contributed by atoms with Crippen molar-refractivity contribution in [3.8, 4) is 5.75 Å². The number of nitrogens with zero attached hydrogens (tertiary/aromatic N) is 2. The number of amides is 1. The second-order valence-corrected chi connectivity index (χ2v) is 6.37. The zero-order valence-corrected chi connectivity index (χ0v) is 16.4. The van der Waals surface area contributed by atoms with E-state index >= 15 is 0 Å². The van der Waals surface area contributed by atoms with Gasteiger partial charge in [-0.1, -0.05) is 6.42 Å². The molecule has 0 saturated heterocycles. The summed E-state index contributed by atoms with van der Waals surface area (Å²) in [5.74, 6) is 1.94. The Bertz CT molecular complexity index is 691. The zero-order valence-electron chi connectivity index (χ0n) is 14.8. The number of carbonyl (C=O) groups excluding carboxylic acids is 1. The first-order valence-corrected chi connectivity index (χ1v) is 8.36. The van der Waals surface area contributed by atoms with Crippen LogP contribution in [0.15, 0.2) is 36.7 Å². The van der Waals surface area contributed by atoms with Crippen LogP contribution in [0.2, 0.25) is 0 Å². The Hall–Kier alpha value is -1.76. The third-order valence-corrected chi connectivity index (χ3v) is 4.59. The van der Waals surface area contributed by atoms with Crippen molar-refractivity contribution in [3.05, 3.63) is 42.5 Å². The summed E-state index contributed by atoms with van der Waals surface area (Å²) in [5.41, 5.74) is 6.80. The second kappa shape index (κ2) is 10.4. The molecule has 8 heteroatoms. The van der Waals surface area contributed by atoms with Gasteiger partial charge in [-0.3, -0.25) is 4.79 Å². The largest absolute Gasteiger partial charge is 0.486 e. The molecule has 3 rings (SSSR count). The second-order valence-electron chi connectivity index (χ2n) is 6.37. The maximum absolute atomic E-state index is 12.1. The third-order valence-electron chi connectivity index (χ3n) is 4.59. The van der Waals surface area contributed by atoms with E-state index in [1.807, 2.05) is 42.1 Å². The van der Waals surface area contributed by atoms with Crippen molar-refractivity contribution < 1.29 is 9.53 Å². The first-order chi connectivity index (χ1) is 11.6. The molecule has 0 radical (unpaired) electrons. The number of ether oxygens (including phenoxy) is 1. The number of aromatic nitrogens is 2. The molecule has 1 heterocycles. The number of rotatable bonds is 6. The lowest BCUT2D eigenvalue weighted by atomic mass is 10.00. The third kappa shape index (κ3) is 5.90. The summed E-state index contributed by atoms with van der Waals surface area (Å²) in [7, 11) is 1.93. The van der Waals surface area contributed by atoms with Gasteiger partial charge in [0.25, 0.3) is 0 Å². The van der Waals surface area contributed by atoms with E-state index in [2.05, 4.69) is 10.3 Å². The first-order valence-electron chi connectivity index (χ1n) is 8.36. The van der Waals surface area contributed by atoms with Gasteiger partial charge in [0.1, 0.15) is 18.2 Å². The molecule has 1 aliphatic rings. The van der Waals surface area contributed by atoms with E-state index < -0.39 is 0 Å². The molecule has 1 amide bonds. The van der Waals surface area contributed by atoms with Gasteiger partial charge in [-0.15, -0.1) is 24.8 Å². The van der Waals surface area contributed by atoms with E-state index in [0.717, 1.165) is 36.5 Å². The highest BCUT2D eigenvalue weighted by Gasteiger charge is 2.25. The van der Waals surface area contributed by atoms with Crippen LogP contribution in [0, 0.1) is 5.92 Å². The smallest absolute Gasteiger partial charge is 0.224 e. The molecular formula is C18H26Cl2N4O2. The molecule has 0 aliphatic heterocycles. The normalized spacial score (nSPS) is 18.5. The minimum atomic E-state index is 0. The molecule has 0 unspecified atom stereocenters. The summed E-state index contributed by atoms with van der Waals surface area (Å²) in [6, 6.07) is 7.55. The Morgan fingerprint density at radius 3 is 2.62 bits per heavy atom. The van der Waals surface area contributed by atoms with E-state index in [0.29, 0.717) is 18.9 Å². The molecular weight excluding hydrogens is 375 g/mol. The molecule has 6 nitrogen and oxygen atoms in total. The Kier molecular flexibility index (Phi) is 8.92.